The third-order valence-corrected chi connectivity index (χ3v) is 4.12. The lowest BCUT2D eigenvalue weighted by Crippen LogP contribution is -2.16. The highest BCUT2D eigenvalue weighted by molar-refractivity contribution is 6.07. The number of para-hydroxylation sites is 1. The Morgan fingerprint density at radius 3 is 2.42 bits per heavy atom. The topological polar surface area (TPSA) is 72.5 Å². The molecule has 0 aliphatic rings. The Morgan fingerprint density at radius 2 is 1.69 bits per heavy atom. The first-order valence-electron chi connectivity index (χ1n) is 8.55. The van der Waals surface area contributed by atoms with Crippen molar-refractivity contribution >= 4 is 23.3 Å². The van der Waals surface area contributed by atoms with Gasteiger partial charge in [0, 0.05) is 18.5 Å². The van der Waals surface area contributed by atoms with Crippen molar-refractivity contribution in [2.24, 2.45) is 0 Å². The molecule has 0 saturated carbocycles. The summed E-state index contributed by atoms with van der Waals surface area (Å²) in [5.74, 6) is -0.557. The monoisotopic (exact) mass is 353 g/mol. The SMILES string of the molecule is CC(=O)CCCC(=O)Oc1ccccc1C(=O)Nc1cccc(C)c1C. The van der Waals surface area contributed by atoms with Crippen molar-refractivity contribution in [3.63, 3.8) is 0 Å². The lowest BCUT2D eigenvalue weighted by Gasteiger charge is -2.13. The fourth-order valence-electron chi connectivity index (χ4n) is 2.47. The number of hydrogen-bond donors (Lipinski definition) is 1. The third kappa shape index (κ3) is 5.28. The molecule has 0 saturated heterocycles. The highest BCUT2D eigenvalue weighted by Crippen LogP contribution is 2.23. The van der Waals surface area contributed by atoms with Gasteiger partial charge in [-0.2, -0.15) is 0 Å². The number of esters is 1. The summed E-state index contributed by atoms with van der Waals surface area (Å²) < 4.78 is 5.33. The average molecular weight is 353 g/mol. The first kappa shape index (κ1) is 19.4. The second-order valence-corrected chi connectivity index (χ2v) is 6.23. The molecular weight excluding hydrogens is 330 g/mol. The van der Waals surface area contributed by atoms with E-state index in [9.17, 15) is 14.4 Å². The van der Waals surface area contributed by atoms with Gasteiger partial charge in [-0.15, -0.1) is 0 Å². The molecule has 1 amide bonds. The molecular formula is C21H23NO4. The number of aryl methyl sites for hydroxylation is 1. The van der Waals surface area contributed by atoms with Crippen molar-refractivity contribution in [2.45, 2.75) is 40.0 Å². The number of ketones is 1. The Balaban J connectivity index is 2.10. The fourth-order valence-corrected chi connectivity index (χ4v) is 2.47. The van der Waals surface area contributed by atoms with E-state index in [2.05, 4.69) is 5.32 Å². The van der Waals surface area contributed by atoms with Gasteiger partial charge in [-0.1, -0.05) is 24.3 Å². The Bertz CT molecular complexity index is 827. The normalized spacial score (nSPS) is 10.3. The van der Waals surface area contributed by atoms with Crippen LogP contribution in [0.15, 0.2) is 42.5 Å². The predicted molar refractivity (Wildman–Crippen MR) is 100 cm³/mol. The zero-order valence-corrected chi connectivity index (χ0v) is 15.3. The molecule has 0 atom stereocenters. The van der Waals surface area contributed by atoms with Gasteiger partial charge in [-0.3, -0.25) is 9.59 Å². The van der Waals surface area contributed by atoms with Crippen LogP contribution in [0.5, 0.6) is 5.75 Å². The minimum Gasteiger partial charge on any atom is -0.426 e. The van der Waals surface area contributed by atoms with Gasteiger partial charge in [-0.05, 0) is 56.5 Å². The van der Waals surface area contributed by atoms with Crippen molar-refractivity contribution < 1.29 is 19.1 Å². The molecule has 0 fully saturated rings. The molecule has 2 aromatic carbocycles. The number of nitrogens with one attached hydrogen (secondary N) is 1. The smallest absolute Gasteiger partial charge is 0.311 e. The molecule has 0 aliphatic heterocycles. The van der Waals surface area contributed by atoms with E-state index in [-0.39, 0.29) is 29.4 Å². The van der Waals surface area contributed by atoms with Gasteiger partial charge >= 0.3 is 5.97 Å². The standard InChI is InChI=1S/C21H23NO4/c1-14-8-6-11-18(16(14)3)22-21(25)17-10-4-5-12-19(17)26-20(24)13-7-9-15(2)23/h4-6,8,10-12H,7,9,13H2,1-3H3,(H,22,25). The molecule has 0 unspecified atom stereocenters. The van der Waals surface area contributed by atoms with E-state index < -0.39 is 5.97 Å². The maximum atomic E-state index is 12.6. The van der Waals surface area contributed by atoms with Crippen molar-refractivity contribution in [3.8, 4) is 5.75 Å². The maximum Gasteiger partial charge on any atom is 0.311 e. The van der Waals surface area contributed by atoms with E-state index >= 15 is 0 Å². The number of benzene rings is 2. The molecule has 1 N–H and O–H groups in total. The predicted octanol–water partition coefficient (Wildman–Crippen LogP) is 4.22. The summed E-state index contributed by atoms with van der Waals surface area (Å²) in [7, 11) is 0. The number of hydrogen-bond acceptors (Lipinski definition) is 4. The van der Waals surface area contributed by atoms with E-state index in [1.54, 1.807) is 24.3 Å². The summed E-state index contributed by atoms with van der Waals surface area (Å²) >= 11 is 0. The first-order chi connectivity index (χ1) is 12.4. The lowest BCUT2D eigenvalue weighted by atomic mass is 10.1. The van der Waals surface area contributed by atoms with E-state index in [0.29, 0.717) is 12.8 Å². The molecule has 0 heterocycles. The van der Waals surface area contributed by atoms with Crippen LogP contribution < -0.4 is 10.1 Å². The average Bonchev–Trinajstić information content (AvgIpc) is 2.59. The lowest BCUT2D eigenvalue weighted by molar-refractivity contribution is -0.134. The molecule has 136 valence electrons. The van der Waals surface area contributed by atoms with Crippen LogP contribution in [0, 0.1) is 13.8 Å². The van der Waals surface area contributed by atoms with Crippen LogP contribution in [-0.4, -0.2) is 17.7 Å². The van der Waals surface area contributed by atoms with Crippen molar-refractivity contribution in [1.29, 1.82) is 0 Å². The number of carbonyl (C=O) groups is 3. The number of ether oxygens (including phenoxy) is 1. The van der Waals surface area contributed by atoms with Crippen LogP contribution in [0.4, 0.5) is 5.69 Å². The van der Waals surface area contributed by atoms with Gasteiger partial charge in [0.25, 0.3) is 5.91 Å². The highest BCUT2D eigenvalue weighted by Gasteiger charge is 2.16. The van der Waals surface area contributed by atoms with Gasteiger partial charge in [-0.25, -0.2) is 0 Å². The van der Waals surface area contributed by atoms with Crippen LogP contribution in [0.3, 0.4) is 0 Å². The van der Waals surface area contributed by atoms with E-state index in [0.717, 1.165) is 16.8 Å². The van der Waals surface area contributed by atoms with Crippen molar-refractivity contribution in [3.05, 3.63) is 59.2 Å². The second kappa shape index (κ2) is 8.94. The second-order valence-electron chi connectivity index (χ2n) is 6.23. The quantitative estimate of drug-likeness (QED) is 0.597. The molecule has 5 heteroatoms. The molecule has 0 spiro atoms. The van der Waals surface area contributed by atoms with E-state index in [1.807, 2.05) is 32.0 Å². The Kier molecular flexibility index (Phi) is 6.67. The molecule has 0 aromatic heterocycles. The molecule has 0 bridgehead atoms. The molecule has 26 heavy (non-hydrogen) atoms. The zero-order valence-electron chi connectivity index (χ0n) is 15.3. The number of Topliss-reactive ketones (excluding diaryl/α,β-unsaturated/α-hetero) is 1. The van der Waals surface area contributed by atoms with Gasteiger partial charge in [0.05, 0.1) is 5.56 Å². The summed E-state index contributed by atoms with van der Waals surface area (Å²) in [6.07, 6.45) is 0.904. The van der Waals surface area contributed by atoms with Crippen LogP contribution in [0.25, 0.3) is 0 Å². The number of carbonyl (C=O) groups excluding carboxylic acids is 3. The fraction of sp³-hybridized carbons (Fsp3) is 0.286. The minimum absolute atomic E-state index is 0.0334. The molecule has 5 nitrogen and oxygen atoms in total. The largest absolute Gasteiger partial charge is 0.426 e. The Hall–Kier alpha value is -2.95. The van der Waals surface area contributed by atoms with Crippen LogP contribution in [0.1, 0.15) is 47.7 Å². The van der Waals surface area contributed by atoms with E-state index in [1.165, 1.54) is 6.92 Å². The maximum absolute atomic E-state index is 12.6. The molecule has 2 aromatic rings. The van der Waals surface area contributed by atoms with Gasteiger partial charge in [0.2, 0.25) is 0 Å². The Morgan fingerprint density at radius 1 is 0.962 bits per heavy atom. The van der Waals surface area contributed by atoms with Gasteiger partial charge in [0.1, 0.15) is 11.5 Å². The minimum atomic E-state index is -0.460. The van der Waals surface area contributed by atoms with Gasteiger partial charge < -0.3 is 14.8 Å². The van der Waals surface area contributed by atoms with Crippen LogP contribution in [-0.2, 0) is 9.59 Å². The summed E-state index contributed by atoms with van der Waals surface area (Å²) in [6.45, 7) is 5.39. The summed E-state index contributed by atoms with van der Waals surface area (Å²) in [5, 5.41) is 2.86. The summed E-state index contributed by atoms with van der Waals surface area (Å²) in [6, 6.07) is 12.3. The summed E-state index contributed by atoms with van der Waals surface area (Å²) in [4.78, 5) is 35.5. The zero-order chi connectivity index (χ0) is 19.1. The molecule has 0 radical (unpaired) electrons. The highest BCUT2D eigenvalue weighted by atomic mass is 16.5. The third-order valence-electron chi connectivity index (χ3n) is 4.12. The van der Waals surface area contributed by atoms with Crippen LogP contribution >= 0.6 is 0 Å². The summed E-state index contributed by atoms with van der Waals surface area (Å²) in [5.41, 5.74) is 3.07. The number of anilines is 1. The molecule has 0 aliphatic carbocycles. The van der Waals surface area contributed by atoms with Crippen LogP contribution in [0.2, 0.25) is 0 Å². The van der Waals surface area contributed by atoms with Crippen molar-refractivity contribution in [2.75, 3.05) is 5.32 Å². The Labute approximate surface area is 153 Å². The number of rotatable bonds is 7. The molecule has 2 rings (SSSR count). The first-order valence-corrected chi connectivity index (χ1v) is 8.55. The van der Waals surface area contributed by atoms with Gasteiger partial charge in [0.15, 0.2) is 0 Å². The van der Waals surface area contributed by atoms with E-state index in [4.69, 9.17) is 4.74 Å². The van der Waals surface area contributed by atoms with Crippen molar-refractivity contribution in [1.82, 2.24) is 0 Å². The number of amides is 1.